The van der Waals surface area contributed by atoms with Gasteiger partial charge < -0.3 is 25.0 Å². The van der Waals surface area contributed by atoms with E-state index in [-0.39, 0.29) is 44.2 Å². The minimum absolute atomic E-state index is 0.0122. The first-order valence-electron chi connectivity index (χ1n) is 12.0. The lowest BCUT2D eigenvalue weighted by atomic mass is 10.0. The number of carbonyl (C=O) groups is 2. The highest BCUT2D eigenvalue weighted by molar-refractivity contribution is 7.99. The van der Waals surface area contributed by atoms with Crippen molar-refractivity contribution in [2.45, 2.75) is 57.2 Å². The number of rotatable bonds is 13. The number of nitrogens with one attached hydrogen (secondary N) is 2. The average Bonchev–Trinajstić information content (AvgIpc) is 2.91. The van der Waals surface area contributed by atoms with E-state index in [0.717, 1.165) is 22.4 Å². The first-order chi connectivity index (χ1) is 17.5. The molecule has 196 valence electrons. The molecule has 1 aliphatic rings. The zero-order valence-electron chi connectivity index (χ0n) is 20.1. The van der Waals surface area contributed by atoms with Crippen LogP contribution in [0.5, 0.6) is 0 Å². The van der Waals surface area contributed by atoms with Crippen molar-refractivity contribution >= 4 is 29.3 Å². The Bertz CT molecular complexity index is 956. The number of aliphatic hydroxyl groups is 2. The Kier molecular flexibility index (Phi) is 11.7. The van der Waals surface area contributed by atoms with E-state index < -0.39 is 12.2 Å². The highest BCUT2D eigenvalue weighted by Crippen LogP contribution is 2.39. The van der Waals surface area contributed by atoms with Crippen LogP contribution in [0.2, 0.25) is 0 Å². The molecule has 1 saturated heterocycles. The molecular formula is C26H34N2O7S. The third-order valence-electron chi connectivity index (χ3n) is 5.80. The number of anilines is 1. The van der Waals surface area contributed by atoms with E-state index in [1.807, 2.05) is 36.4 Å². The third-order valence-corrected chi connectivity index (χ3v) is 6.88. The molecule has 3 atom stereocenters. The van der Waals surface area contributed by atoms with Crippen molar-refractivity contribution in [2.75, 3.05) is 23.4 Å². The van der Waals surface area contributed by atoms with Crippen molar-refractivity contribution in [1.29, 1.82) is 0 Å². The molecule has 1 heterocycles. The minimum atomic E-state index is -0.580. The lowest BCUT2D eigenvalue weighted by Gasteiger charge is -2.36. The summed E-state index contributed by atoms with van der Waals surface area (Å²) in [5, 5.41) is 29.8. The number of hydrogen-bond donors (Lipinski definition) is 5. The number of unbranched alkanes of at least 4 members (excludes halogenated alkanes) is 1. The average molecular weight is 519 g/mol. The summed E-state index contributed by atoms with van der Waals surface area (Å²) < 4.78 is 12.5. The number of thioether (sulfide) groups is 1. The largest absolute Gasteiger partial charge is 0.396 e. The van der Waals surface area contributed by atoms with Crippen LogP contribution in [0.3, 0.4) is 0 Å². The lowest BCUT2D eigenvalue weighted by Crippen LogP contribution is -2.31. The highest BCUT2D eigenvalue weighted by Gasteiger charge is 2.32. The fraction of sp³-hybridized carbons (Fsp3) is 0.462. The number of amides is 2. The molecule has 2 aromatic rings. The van der Waals surface area contributed by atoms with Crippen LogP contribution < -0.4 is 10.8 Å². The first-order valence-corrected chi connectivity index (χ1v) is 13.2. The van der Waals surface area contributed by atoms with Crippen LogP contribution >= 0.6 is 11.8 Å². The van der Waals surface area contributed by atoms with Gasteiger partial charge >= 0.3 is 0 Å². The molecule has 36 heavy (non-hydrogen) atoms. The smallest absolute Gasteiger partial charge is 0.243 e. The molecule has 1 aliphatic heterocycles. The van der Waals surface area contributed by atoms with Crippen LogP contribution in [0.25, 0.3) is 0 Å². The summed E-state index contributed by atoms with van der Waals surface area (Å²) in [6, 6.07) is 15.0. The molecule has 5 N–H and O–H groups in total. The van der Waals surface area contributed by atoms with E-state index in [1.165, 1.54) is 0 Å². The molecule has 1 fully saturated rings. The maximum atomic E-state index is 12.2. The van der Waals surface area contributed by atoms with Crippen LogP contribution in [0.15, 0.2) is 48.5 Å². The van der Waals surface area contributed by atoms with Crippen LogP contribution in [0, 0.1) is 0 Å². The molecule has 0 spiro atoms. The standard InChI is InChI=1S/C26H34N2O7S/c29-13-14-36-17-22-15-23(19-7-5-18(16-30)6-8-19)35-26(34-22)20-9-11-21(12-10-20)27-24(31)3-1-2-4-25(32)28-33/h5-12,22-23,26,29-30,33H,1-4,13-17H2,(H,27,31)(H,28,32)/t22-,23+,26+/m0/s1. The van der Waals surface area contributed by atoms with Crippen molar-refractivity contribution in [3.05, 3.63) is 65.2 Å². The number of aliphatic hydroxyl groups excluding tert-OH is 2. The summed E-state index contributed by atoms with van der Waals surface area (Å²) in [7, 11) is 0. The van der Waals surface area contributed by atoms with Gasteiger partial charge in [0.05, 0.1) is 25.4 Å². The van der Waals surface area contributed by atoms with Crippen LogP contribution in [0.1, 0.15) is 61.2 Å². The molecule has 10 heteroatoms. The minimum Gasteiger partial charge on any atom is -0.396 e. The zero-order chi connectivity index (χ0) is 25.8. The summed E-state index contributed by atoms with van der Waals surface area (Å²) in [4.78, 5) is 23.2. The van der Waals surface area contributed by atoms with Gasteiger partial charge in [-0.15, -0.1) is 0 Å². The number of carbonyl (C=O) groups excluding carboxylic acids is 2. The molecule has 0 bridgehead atoms. The molecule has 9 nitrogen and oxygen atoms in total. The number of benzene rings is 2. The highest BCUT2D eigenvalue weighted by atomic mass is 32.2. The van der Waals surface area contributed by atoms with Gasteiger partial charge in [0.1, 0.15) is 0 Å². The van der Waals surface area contributed by atoms with E-state index in [1.54, 1.807) is 29.4 Å². The normalized spacial score (nSPS) is 19.6. The van der Waals surface area contributed by atoms with Crippen LogP contribution in [-0.2, 0) is 25.7 Å². The Labute approximate surface area is 215 Å². The van der Waals surface area contributed by atoms with Crippen LogP contribution in [-0.4, -0.2) is 51.5 Å². The van der Waals surface area contributed by atoms with Crippen molar-refractivity contribution in [2.24, 2.45) is 0 Å². The van der Waals surface area contributed by atoms with Gasteiger partial charge in [-0.25, -0.2) is 5.48 Å². The summed E-state index contributed by atoms with van der Waals surface area (Å²) in [5.74, 6) is 0.769. The molecule has 2 aromatic carbocycles. The topological polar surface area (TPSA) is 137 Å². The molecule has 3 rings (SSSR count). The van der Waals surface area contributed by atoms with Gasteiger partial charge in [0.2, 0.25) is 11.8 Å². The molecule has 0 radical (unpaired) electrons. The van der Waals surface area contributed by atoms with Crippen LogP contribution in [0.4, 0.5) is 5.69 Å². The van der Waals surface area contributed by atoms with Gasteiger partial charge in [0.25, 0.3) is 0 Å². The van der Waals surface area contributed by atoms with E-state index in [9.17, 15) is 14.7 Å². The predicted molar refractivity (Wildman–Crippen MR) is 136 cm³/mol. The summed E-state index contributed by atoms with van der Waals surface area (Å²) >= 11 is 1.63. The Hall–Kier alpha value is -2.47. The van der Waals surface area contributed by atoms with E-state index >= 15 is 0 Å². The second kappa shape index (κ2) is 14.9. The van der Waals surface area contributed by atoms with Crippen molar-refractivity contribution in [3.8, 4) is 0 Å². The van der Waals surface area contributed by atoms with Crippen molar-refractivity contribution in [1.82, 2.24) is 5.48 Å². The summed E-state index contributed by atoms with van der Waals surface area (Å²) in [5.41, 5.74) is 4.91. The monoisotopic (exact) mass is 518 g/mol. The number of hydroxylamine groups is 1. The second-order valence-electron chi connectivity index (χ2n) is 8.56. The molecule has 0 unspecified atom stereocenters. The van der Waals surface area contributed by atoms with Crippen molar-refractivity contribution < 1.29 is 34.5 Å². The van der Waals surface area contributed by atoms with Gasteiger partial charge in [-0.1, -0.05) is 36.4 Å². The number of ether oxygens (including phenoxy) is 2. The van der Waals surface area contributed by atoms with Gasteiger partial charge in [-0.3, -0.25) is 14.8 Å². The second-order valence-corrected chi connectivity index (χ2v) is 9.71. The Morgan fingerprint density at radius 2 is 1.58 bits per heavy atom. The van der Waals surface area contributed by atoms with Crippen molar-refractivity contribution in [3.63, 3.8) is 0 Å². The van der Waals surface area contributed by atoms with E-state index in [0.29, 0.717) is 30.7 Å². The fourth-order valence-electron chi connectivity index (χ4n) is 3.88. The van der Waals surface area contributed by atoms with Gasteiger partial charge in [-0.2, -0.15) is 11.8 Å². The molecule has 0 saturated carbocycles. The quantitative estimate of drug-likeness (QED) is 0.154. The van der Waals surface area contributed by atoms with E-state index in [4.69, 9.17) is 19.8 Å². The zero-order valence-corrected chi connectivity index (χ0v) is 20.9. The molecular weight excluding hydrogens is 484 g/mol. The van der Waals surface area contributed by atoms with Gasteiger partial charge in [0, 0.05) is 42.0 Å². The predicted octanol–water partition coefficient (Wildman–Crippen LogP) is 3.45. The Balaban J connectivity index is 1.60. The third kappa shape index (κ3) is 8.88. The fourth-order valence-corrected chi connectivity index (χ4v) is 4.65. The summed E-state index contributed by atoms with van der Waals surface area (Å²) in [6.45, 7) is 0.107. The summed E-state index contributed by atoms with van der Waals surface area (Å²) in [6.07, 6.45) is 1.36. The lowest BCUT2D eigenvalue weighted by molar-refractivity contribution is -0.245. The Morgan fingerprint density at radius 3 is 2.22 bits per heavy atom. The molecule has 0 aromatic heterocycles. The Morgan fingerprint density at radius 1 is 0.917 bits per heavy atom. The maximum absolute atomic E-state index is 12.2. The maximum Gasteiger partial charge on any atom is 0.243 e. The molecule has 2 amide bonds. The van der Waals surface area contributed by atoms with Gasteiger partial charge in [-0.05, 0) is 36.1 Å². The van der Waals surface area contributed by atoms with Gasteiger partial charge in [0.15, 0.2) is 6.29 Å². The SMILES string of the molecule is O=C(CCCCC(=O)Nc1ccc([C@@H]2O[C@H](CSCCO)C[C@H](c3ccc(CO)cc3)O2)cc1)NO. The van der Waals surface area contributed by atoms with E-state index in [2.05, 4.69) is 5.32 Å². The number of hydrogen-bond acceptors (Lipinski definition) is 8. The molecule has 0 aliphatic carbocycles. The first kappa shape index (κ1) is 28.1.